The number of aromatic nitrogens is 3. The average molecular weight is 513 g/mol. The van der Waals surface area contributed by atoms with Crippen molar-refractivity contribution in [3.8, 4) is 17.5 Å². The number of nitrogens with zero attached hydrogens (tertiary/aromatic N) is 4. The number of rotatable bonds is 7. The van der Waals surface area contributed by atoms with E-state index in [1.807, 2.05) is 6.07 Å². The summed E-state index contributed by atoms with van der Waals surface area (Å²) < 4.78 is 42.7. The van der Waals surface area contributed by atoms with E-state index in [1.165, 1.54) is 26.2 Å². The summed E-state index contributed by atoms with van der Waals surface area (Å²) in [6.45, 7) is 2.25. The SMILES string of the molecule is CC(C)(O)C(F)CNC(=O)c1cnc(-c2ccc3cc(C#N)cnn23)cc1NC1CC2(C1)CC(F)(F)C2. The summed E-state index contributed by atoms with van der Waals surface area (Å²) >= 11 is 0. The number of hydrogen-bond donors (Lipinski definition) is 3. The molecule has 8 nitrogen and oxygen atoms in total. The third kappa shape index (κ3) is 4.85. The van der Waals surface area contributed by atoms with Crippen LogP contribution in [0.3, 0.4) is 0 Å². The Balaban J connectivity index is 1.41. The molecule has 3 aromatic rings. The highest BCUT2D eigenvalue weighted by Crippen LogP contribution is 2.62. The van der Waals surface area contributed by atoms with Crippen molar-refractivity contribution in [3.05, 3.63) is 47.8 Å². The van der Waals surface area contributed by atoms with E-state index in [4.69, 9.17) is 5.26 Å². The molecule has 1 unspecified atom stereocenters. The molecule has 0 radical (unpaired) electrons. The van der Waals surface area contributed by atoms with Crippen LogP contribution < -0.4 is 10.6 Å². The second-order valence-corrected chi connectivity index (χ2v) is 10.8. The molecule has 37 heavy (non-hydrogen) atoms. The zero-order chi connectivity index (χ0) is 26.6. The van der Waals surface area contributed by atoms with Crippen LogP contribution in [0.4, 0.5) is 18.9 Å². The fraction of sp³-hybridized carbons (Fsp3) is 0.462. The minimum atomic E-state index is -2.60. The lowest BCUT2D eigenvalue weighted by Gasteiger charge is -2.57. The van der Waals surface area contributed by atoms with Gasteiger partial charge in [-0.3, -0.25) is 9.78 Å². The first kappa shape index (κ1) is 25.0. The fourth-order valence-corrected chi connectivity index (χ4v) is 5.32. The molecule has 194 valence electrons. The molecule has 5 rings (SSSR count). The van der Waals surface area contributed by atoms with Gasteiger partial charge in [0.25, 0.3) is 5.91 Å². The van der Waals surface area contributed by atoms with Crippen LogP contribution in [0, 0.1) is 16.7 Å². The van der Waals surface area contributed by atoms with Gasteiger partial charge in [-0.05, 0) is 56.4 Å². The molecule has 2 aliphatic carbocycles. The molecule has 0 saturated heterocycles. The van der Waals surface area contributed by atoms with E-state index >= 15 is 0 Å². The number of fused-ring (bicyclic) bond motifs is 1. The third-order valence-electron chi connectivity index (χ3n) is 7.23. The number of pyridine rings is 1. The Hall–Kier alpha value is -3.65. The number of amides is 1. The van der Waals surface area contributed by atoms with Crippen LogP contribution in [0.5, 0.6) is 0 Å². The summed E-state index contributed by atoms with van der Waals surface area (Å²) in [7, 11) is 0. The van der Waals surface area contributed by atoms with Crippen molar-refractivity contribution in [2.75, 3.05) is 11.9 Å². The summed E-state index contributed by atoms with van der Waals surface area (Å²) in [5, 5.41) is 29.1. The number of nitrogens with one attached hydrogen (secondary N) is 2. The van der Waals surface area contributed by atoms with E-state index < -0.39 is 23.6 Å². The molecule has 1 spiro atoms. The number of hydrogen-bond acceptors (Lipinski definition) is 6. The van der Waals surface area contributed by atoms with E-state index in [-0.39, 0.29) is 36.4 Å². The normalized spacial score (nSPS) is 19.1. The van der Waals surface area contributed by atoms with Gasteiger partial charge in [-0.1, -0.05) is 0 Å². The van der Waals surface area contributed by atoms with Crippen molar-refractivity contribution < 1.29 is 23.1 Å². The maximum Gasteiger partial charge on any atom is 0.255 e. The highest BCUT2D eigenvalue weighted by molar-refractivity contribution is 6.00. The van der Waals surface area contributed by atoms with Crippen molar-refractivity contribution in [2.24, 2.45) is 5.41 Å². The summed E-state index contributed by atoms with van der Waals surface area (Å²) in [4.78, 5) is 17.4. The van der Waals surface area contributed by atoms with Gasteiger partial charge in [0.1, 0.15) is 12.2 Å². The molecular weight excluding hydrogens is 485 g/mol. The van der Waals surface area contributed by atoms with Gasteiger partial charge in [-0.25, -0.2) is 17.7 Å². The summed E-state index contributed by atoms with van der Waals surface area (Å²) in [5.74, 6) is -3.17. The van der Waals surface area contributed by atoms with Gasteiger partial charge in [0.15, 0.2) is 0 Å². The maximum atomic E-state index is 14.2. The van der Waals surface area contributed by atoms with Crippen LogP contribution in [0.15, 0.2) is 36.7 Å². The lowest BCUT2D eigenvalue weighted by molar-refractivity contribution is -0.193. The molecule has 0 bridgehead atoms. The Morgan fingerprint density at radius 3 is 2.68 bits per heavy atom. The topological polar surface area (TPSA) is 115 Å². The lowest BCUT2D eigenvalue weighted by Crippen LogP contribution is -2.57. The number of nitriles is 1. The molecule has 0 aromatic carbocycles. The van der Waals surface area contributed by atoms with E-state index in [1.54, 1.807) is 28.8 Å². The largest absolute Gasteiger partial charge is 0.387 e. The van der Waals surface area contributed by atoms with Gasteiger partial charge in [-0.15, -0.1) is 0 Å². The summed E-state index contributed by atoms with van der Waals surface area (Å²) in [6, 6.07) is 8.91. The van der Waals surface area contributed by atoms with Gasteiger partial charge in [-0.2, -0.15) is 10.4 Å². The van der Waals surface area contributed by atoms with E-state index in [2.05, 4.69) is 20.7 Å². The van der Waals surface area contributed by atoms with E-state index in [9.17, 15) is 23.1 Å². The first-order valence-corrected chi connectivity index (χ1v) is 12.1. The van der Waals surface area contributed by atoms with Crippen molar-refractivity contribution in [1.29, 1.82) is 5.26 Å². The third-order valence-corrected chi connectivity index (χ3v) is 7.23. The molecule has 3 N–H and O–H groups in total. The Bertz CT molecular complexity index is 1390. The number of halogens is 3. The molecule has 2 aliphatic rings. The number of carbonyl (C=O) groups is 1. The second-order valence-electron chi connectivity index (χ2n) is 10.8. The molecular formula is C26H27F3N6O2. The standard InChI is InChI=1S/C26H27F3N6O2/c1-24(2,37)22(27)12-32-23(36)18-11-31-20(21-4-3-17-5-15(9-30)10-33-35(17)21)6-19(18)34-16-7-25(8-16)13-26(28,29)14-25/h3-6,10-11,16,22,37H,7-8,12-14H2,1-2H3,(H,31,34)(H,32,36). The summed E-state index contributed by atoms with van der Waals surface area (Å²) in [5.41, 5.74) is 0.882. The summed E-state index contributed by atoms with van der Waals surface area (Å²) in [6.07, 6.45) is 2.04. The molecule has 0 aliphatic heterocycles. The van der Waals surface area contributed by atoms with Gasteiger partial charge >= 0.3 is 0 Å². The van der Waals surface area contributed by atoms with Crippen molar-refractivity contribution in [2.45, 2.75) is 63.3 Å². The Labute approximate surface area is 211 Å². The Morgan fingerprint density at radius 1 is 1.30 bits per heavy atom. The van der Waals surface area contributed by atoms with Gasteiger partial charge in [0.05, 0.1) is 52.1 Å². The minimum Gasteiger partial charge on any atom is -0.387 e. The molecule has 1 amide bonds. The predicted octanol–water partition coefficient (Wildman–Crippen LogP) is 4.10. The van der Waals surface area contributed by atoms with Crippen LogP contribution in [-0.2, 0) is 0 Å². The van der Waals surface area contributed by atoms with Crippen molar-refractivity contribution >= 4 is 17.1 Å². The number of aliphatic hydroxyl groups is 1. The second kappa shape index (κ2) is 8.73. The van der Waals surface area contributed by atoms with Crippen molar-refractivity contribution in [1.82, 2.24) is 19.9 Å². The smallest absolute Gasteiger partial charge is 0.255 e. The molecule has 2 fully saturated rings. The molecule has 1 atom stereocenters. The Morgan fingerprint density at radius 2 is 2.03 bits per heavy atom. The highest BCUT2D eigenvalue weighted by atomic mass is 19.3. The monoisotopic (exact) mass is 512 g/mol. The van der Waals surface area contributed by atoms with E-state index in [0.29, 0.717) is 41.0 Å². The zero-order valence-corrected chi connectivity index (χ0v) is 20.4. The molecule has 2 saturated carbocycles. The number of anilines is 1. The first-order valence-electron chi connectivity index (χ1n) is 12.1. The zero-order valence-electron chi connectivity index (χ0n) is 20.4. The predicted molar refractivity (Wildman–Crippen MR) is 130 cm³/mol. The molecule has 11 heteroatoms. The number of carbonyl (C=O) groups excluding carboxylic acids is 1. The van der Waals surface area contributed by atoms with E-state index in [0.717, 1.165) is 0 Å². The van der Waals surface area contributed by atoms with Crippen LogP contribution in [0.25, 0.3) is 16.9 Å². The van der Waals surface area contributed by atoms with Gasteiger partial charge in [0, 0.05) is 25.1 Å². The van der Waals surface area contributed by atoms with Gasteiger partial charge < -0.3 is 15.7 Å². The highest BCUT2D eigenvalue weighted by Gasteiger charge is 2.61. The lowest BCUT2D eigenvalue weighted by atomic mass is 9.52. The first-order chi connectivity index (χ1) is 17.4. The van der Waals surface area contributed by atoms with Crippen molar-refractivity contribution in [3.63, 3.8) is 0 Å². The molecule has 3 aromatic heterocycles. The maximum absolute atomic E-state index is 14.2. The quantitative estimate of drug-likeness (QED) is 0.439. The fourth-order valence-electron chi connectivity index (χ4n) is 5.32. The average Bonchev–Trinajstić information content (AvgIpc) is 3.22. The molecule has 3 heterocycles. The Kier molecular flexibility index (Phi) is 5.90. The van der Waals surface area contributed by atoms with Crippen LogP contribution in [0.1, 0.15) is 55.5 Å². The van der Waals surface area contributed by atoms with Crippen LogP contribution in [-0.4, -0.2) is 55.9 Å². The minimum absolute atomic E-state index is 0.0939. The van der Waals surface area contributed by atoms with Crippen LogP contribution in [0.2, 0.25) is 0 Å². The van der Waals surface area contributed by atoms with Gasteiger partial charge in [0.2, 0.25) is 5.92 Å². The van der Waals surface area contributed by atoms with Crippen LogP contribution >= 0.6 is 0 Å². The number of alkyl halides is 3.